The predicted molar refractivity (Wildman–Crippen MR) is 104 cm³/mol. The van der Waals surface area contributed by atoms with Gasteiger partial charge in [-0.15, -0.1) is 0 Å². The predicted octanol–water partition coefficient (Wildman–Crippen LogP) is 1.95. The van der Waals surface area contributed by atoms with Gasteiger partial charge in [0.05, 0.1) is 42.1 Å². The molecule has 0 radical (unpaired) electrons. The maximum absolute atomic E-state index is 5.39. The van der Waals surface area contributed by atoms with Crippen molar-refractivity contribution in [2.45, 2.75) is 13.8 Å². The number of nitrogens with one attached hydrogen (secondary N) is 1. The Hall–Kier alpha value is -2.91. The van der Waals surface area contributed by atoms with E-state index in [9.17, 15) is 0 Å². The Kier molecular flexibility index (Phi) is 5.54. The molecule has 0 unspecified atom stereocenters. The van der Waals surface area contributed by atoms with Crippen molar-refractivity contribution in [3.8, 4) is 22.5 Å². The van der Waals surface area contributed by atoms with Crippen LogP contribution in [0.2, 0.25) is 0 Å². The first-order chi connectivity index (χ1) is 13.7. The fourth-order valence-corrected chi connectivity index (χ4v) is 3.25. The van der Waals surface area contributed by atoms with Gasteiger partial charge in [0.25, 0.3) is 0 Å². The standard InChI is InChI=1S/C19H23N7O2/c1-13-17(14(2)28-25-13)18-15(16-12-20-3-4-21-16)11-23-19(24-18)22-5-6-26-7-9-27-10-8-26/h3-4,11-12H,5-10H2,1-2H3,(H,22,23,24). The van der Waals surface area contributed by atoms with Gasteiger partial charge >= 0.3 is 0 Å². The minimum Gasteiger partial charge on any atom is -0.379 e. The average Bonchev–Trinajstić information content (AvgIpc) is 3.07. The summed E-state index contributed by atoms with van der Waals surface area (Å²) in [5, 5.41) is 7.39. The number of aromatic nitrogens is 5. The molecule has 9 nitrogen and oxygen atoms in total. The van der Waals surface area contributed by atoms with Gasteiger partial charge in [0, 0.05) is 50.3 Å². The first kappa shape index (κ1) is 18.5. The number of hydrogen-bond acceptors (Lipinski definition) is 9. The van der Waals surface area contributed by atoms with E-state index in [0.717, 1.165) is 61.9 Å². The minimum absolute atomic E-state index is 0.566. The summed E-state index contributed by atoms with van der Waals surface area (Å²) < 4.78 is 10.7. The summed E-state index contributed by atoms with van der Waals surface area (Å²) in [6.07, 6.45) is 6.77. The zero-order chi connectivity index (χ0) is 19.3. The van der Waals surface area contributed by atoms with Gasteiger partial charge < -0.3 is 14.6 Å². The molecule has 0 atom stereocenters. The molecule has 0 amide bonds. The molecule has 28 heavy (non-hydrogen) atoms. The molecule has 0 aromatic carbocycles. The van der Waals surface area contributed by atoms with Crippen molar-refractivity contribution in [1.82, 2.24) is 30.0 Å². The monoisotopic (exact) mass is 381 g/mol. The lowest BCUT2D eigenvalue weighted by atomic mass is 10.0. The maximum Gasteiger partial charge on any atom is 0.223 e. The highest BCUT2D eigenvalue weighted by Gasteiger charge is 2.20. The summed E-state index contributed by atoms with van der Waals surface area (Å²) in [5.74, 6) is 1.27. The van der Waals surface area contributed by atoms with Crippen LogP contribution in [0.4, 0.5) is 5.95 Å². The molecule has 0 saturated carbocycles. The van der Waals surface area contributed by atoms with E-state index < -0.39 is 0 Å². The molecule has 3 aromatic heterocycles. The molecule has 146 valence electrons. The lowest BCUT2D eigenvalue weighted by molar-refractivity contribution is 0.0398. The van der Waals surface area contributed by atoms with E-state index in [0.29, 0.717) is 17.4 Å². The smallest absolute Gasteiger partial charge is 0.223 e. The van der Waals surface area contributed by atoms with Crippen LogP contribution in [0.25, 0.3) is 22.5 Å². The fourth-order valence-electron chi connectivity index (χ4n) is 3.25. The highest BCUT2D eigenvalue weighted by molar-refractivity contribution is 5.80. The van der Waals surface area contributed by atoms with Crippen LogP contribution in [0.1, 0.15) is 11.5 Å². The Morgan fingerprint density at radius 1 is 1.11 bits per heavy atom. The first-order valence-electron chi connectivity index (χ1n) is 9.33. The molecule has 4 rings (SSSR count). The van der Waals surface area contributed by atoms with Gasteiger partial charge in [-0.25, -0.2) is 9.97 Å². The van der Waals surface area contributed by atoms with Crippen LogP contribution in [0.3, 0.4) is 0 Å². The van der Waals surface area contributed by atoms with Crippen molar-refractivity contribution in [3.05, 3.63) is 36.2 Å². The molecule has 0 aliphatic carbocycles. The van der Waals surface area contributed by atoms with Crippen molar-refractivity contribution in [1.29, 1.82) is 0 Å². The Bertz CT molecular complexity index is 904. The number of rotatable bonds is 6. The summed E-state index contributed by atoms with van der Waals surface area (Å²) >= 11 is 0. The van der Waals surface area contributed by atoms with Crippen LogP contribution < -0.4 is 5.32 Å². The summed E-state index contributed by atoms with van der Waals surface area (Å²) in [7, 11) is 0. The summed E-state index contributed by atoms with van der Waals surface area (Å²) in [6, 6.07) is 0. The van der Waals surface area contributed by atoms with Crippen LogP contribution in [-0.4, -0.2) is 69.4 Å². The Balaban J connectivity index is 1.60. The second kappa shape index (κ2) is 8.41. The molecule has 0 bridgehead atoms. The molecule has 9 heteroatoms. The lowest BCUT2D eigenvalue weighted by Gasteiger charge is -2.26. The molecular weight excluding hydrogens is 358 g/mol. The fraction of sp³-hybridized carbons (Fsp3) is 0.421. The molecule has 1 aliphatic heterocycles. The van der Waals surface area contributed by atoms with Gasteiger partial charge in [0.2, 0.25) is 5.95 Å². The summed E-state index contributed by atoms with van der Waals surface area (Å²) in [5.41, 5.74) is 3.87. The van der Waals surface area contributed by atoms with Crippen molar-refractivity contribution in [2.24, 2.45) is 0 Å². The van der Waals surface area contributed by atoms with Gasteiger partial charge in [0.1, 0.15) is 5.76 Å². The second-order valence-corrected chi connectivity index (χ2v) is 6.63. The maximum atomic E-state index is 5.39. The third-order valence-electron chi connectivity index (χ3n) is 4.71. The highest BCUT2D eigenvalue weighted by Crippen LogP contribution is 2.33. The van der Waals surface area contributed by atoms with Gasteiger partial charge in [-0.2, -0.15) is 0 Å². The number of morpholine rings is 1. The lowest BCUT2D eigenvalue weighted by Crippen LogP contribution is -2.39. The van der Waals surface area contributed by atoms with Gasteiger partial charge in [0.15, 0.2) is 0 Å². The molecule has 1 N–H and O–H groups in total. The van der Waals surface area contributed by atoms with E-state index in [4.69, 9.17) is 14.2 Å². The quantitative estimate of drug-likeness (QED) is 0.686. The van der Waals surface area contributed by atoms with Crippen LogP contribution in [0, 0.1) is 13.8 Å². The number of anilines is 1. The van der Waals surface area contributed by atoms with Crippen molar-refractivity contribution < 1.29 is 9.26 Å². The van der Waals surface area contributed by atoms with E-state index >= 15 is 0 Å². The van der Waals surface area contributed by atoms with Crippen LogP contribution >= 0.6 is 0 Å². The number of aryl methyl sites for hydroxylation is 2. The SMILES string of the molecule is Cc1noc(C)c1-c1nc(NCCN2CCOCC2)ncc1-c1cnccn1. The third-order valence-corrected chi connectivity index (χ3v) is 4.71. The van der Waals surface area contributed by atoms with E-state index in [2.05, 4.69) is 30.3 Å². The van der Waals surface area contributed by atoms with Gasteiger partial charge in [-0.05, 0) is 13.8 Å². The van der Waals surface area contributed by atoms with Crippen LogP contribution in [0.5, 0.6) is 0 Å². The molecule has 1 aliphatic rings. The van der Waals surface area contributed by atoms with Crippen molar-refractivity contribution in [2.75, 3.05) is 44.7 Å². The Labute approximate surface area is 163 Å². The van der Waals surface area contributed by atoms with E-state index in [1.54, 1.807) is 24.8 Å². The molecular formula is C19H23N7O2. The van der Waals surface area contributed by atoms with Crippen molar-refractivity contribution >= 4 is 5.95 Å². The molecule has 1 fully saturated rings. The topological polar surface area (TPSA) is 102 Å². The van der Waals surface area contributed by atoms with Crippen LogP contribution in [0.15, 0.2) is 29.3 Å². The molecule has 1 saturated heterocycles. The van der Waals surface area contributed by atoms with Crippen molar-refractivity contribution in [3.63, 3.8) is 0 Å². The minimum atomic E-state index is 0.566. The first-order valence-corrected chi connectivity index (χ1v) is 9.33. The highest BCUT2D eigenvalue weighted by atomic mass is 16.5. The van der Waals surface area contributed by atoms with Gasteiger partial charge in [-0.1, -0.05) is 5.16 Å². The number of ether oxygens (including phenoxy) is 1. The van der Waals surface area contributed by atoms with Crippen LogP contribution in [-0.2, 0) is 4.74 Å². The largest absolute Gasteiger partial charge is 0.379 e. The second-order valence-electron chi connectivity index (χ2n) is 6.63. The van der Waals surface area contributed by atoms with E-state index in [1.807, 2.05) is 13.8 Å². The van der Waals surface area contributed by atoms with E-state index in [-0.39, 0.29) is 0 Å². The molecule has 4 heterocycles. The molecule has 3 aromatic rings. The summed E-state index contributed by atoms with van der Waals surface area (Å²) in [4.78, 5) is 20.2. The Morgan fingerprint density at radius 2 is 1.96 bits per heavy atom. The zero-order valence-corrected chi connectivity index (χ0v) is 16.1. The summed E-state index contributed by atoms with van der Waals surface area (Å²) in [6.45, 7) is 8.95. The average molecular weight is 381 g/mol. The van der Waals surface area contributed by atoms with Gasteiger partial charge in [-0.3, -0.25) is 14.9 Å². The number of hydrogen-bond donors (Lipinski definition) is 1. The Morgan fingerprint density at radius 3 is 2.68 bits per heavy atom. The normalized spacial score (nSPS) is 14.9. The van der Waals surface area contributed by atoms with E-state index in [1.165, 1.54) is 0 Å². The zero-order valence-electron chi connectivity index (χ0n) is 16.1. The molecule has 0 spiro atoms. The number of nitrogens with zero attached hydrogens (tertiary/aromatic N) is 6. The third kappa shape index (κ3) is 4.00.